The fourth-order valence-electron chi connectivity index (χ4n) is 2.99. The Labute approximate surface area is 181 Å². The standard InChI is InChI=1S/C22H18N2O2S3/c1-13-9-14(2)24-22(23-13)28-12-18-10-19(17-7-8-27-11-17)29-20(18)15-3-5-16(6-4-15)21(25)26/h3-11H,12H2,1-2H3,(H,25,26). The number of aryl methyl sites for hydroxylation is 2. The van der Waals surface area contributed by atoms with E-state index in [0.29, 0.717) is 5.56 Å². The molecule has 0 aliphatic rings. The Morgan fingerprint density at radius 1 is 1.03 bits per heavy atom. The van der Waals surface area contributed by atoms with Crippen molar-refractivity contribution in [2.24, 2.45) is 0 Å². The molecule has 0 aliphatic carbocycles. The van der Waals surface area contributed by atoms with Gasteiger partial charge in [-0.05, 0) is 66.1 Å². The van der Waals surface area contributed by atoms with Crippen molar-refractivity contribution in [1.29, 1.82) is 0 Å². The number of carboxylic acid groups (broad SMARTS) is 1. The third-order valence-corrected chi connectivity index (χ3v) is 7.18. The molecule has 0 atom stereocenters. The molecule has 146 valence electrons. The molecule has 0 amide bonds. The smallest absolute Gasteiger partial charge is 0.335 e. The molecule has 3 heterocycles. The second kappa shape index (κ2) is 8.49. The summed E-state index contributed by atoms with van der Waals surface area (Å²) in [6.07, 6.45) is 0. The number of aromatic nitrogens is 2. The van der Waals surface area contributed by atoms with E-state index in [-0.39, 0.29) is 0 Å². The van der Waals surface area contributed by atoms with E-state index in [4.69, 9.17) is 0 Å². The number of nitrogens with zero attached hydrogens (tertiary/aromatic N) is 2. The van der Waals surface area contributed by atoms with Crippen molar-refractivity contribution in [2.75, 3.05) is 0 Å². The predicted octanol–water partition coefficient (Wildman–Crippen LogP) is 6.54. The minimum atomic E-state index is -0.913. The third kappa shape index (κ3) is 4.58. The van der Waals surface area contributed by atoms with Gasteiger partial charge in [0, 0.05) is 32.5 Å². The molecule has 0 aliphatic heterocycles. The molecule has 1 aromatic carbocycles. The first kappa shape index (κ1) is 19.8. The summed E-state index contributed by atoms with van der Waals surface area (Å²) in [5.41, 5.74) is 5.67. The van der Waals surface area contributed by atoms with E-state index in [1.807, 2.05) is 32.0 Å². The summed E-state index contributed by atoms with van der Waals surface area (Å²) >= 11 is 5.03. The highest BCUT2D eigenvalue weighted by Crippen LogP contribution is 2.41. The maximum atomic E-state index is 11.2. The van der Waals surface area contributed by atoms with Crippen LogP contribution in [0.3, 0.4) is 0 Å². The highest BCUT2D eigenvalue weighted by Gasteiger charge is 2.15. The van der Waals surface area contributed by atoms with Crippen LogP contribution in [0, 0.1) is 13.8 Å². The van der Waals surface area contributed by atoms with Crippen LogP contribution >= 0.6 is 34.4 Å². The lowest BCUT2D eigenvalue weighted by molar-refractivity contribution is 0.0697. The number of aromatic carboxylic acids is 1. The molecule has 4 nitrogen and oxygen atoms in total. The summed E-state index contributed by atoms with van der Waals surface area (Å²) in [5.74, 6) is -0.163. The first-order valence-electron chi connectivity index (χ1n) is 8.93. The SMILES string of the molecule is Cc1cc(C)nc(SCc2cc(-c3ccsc3)sc2-c2ccc(C(=O)O)cc2)n1. The zero-order valence-electron chi connectivity index (χ0n) is 15.9. The number of hydrogen-bond donors (Lipinski definition) is 1. The van der Waals surface area contributed by atoms with Crippen LogP contribution in [0.2, 0.25) is 0 Å². The molecular weight excluding hydrogens is 420 g/mol. The Hall–Kier alpha value is -2.48. The molecule has 0 bridgehead atoms. The highest BCUT2D eigenvalue weighted by molar-refractivity contribution is 7.98. The number of carbonyl (C=O) groups is 1. The highest BCUT2D eigenvalue weighted by atomic mass is 32.2. The quantitative estimate of drug-likeness (QED) is 0.273. The van der Waals surface area contributed by atoms with Crippen molar-refractivity contribution >= 4 is 40.4 Å². The van der Waals surface area contributed by atoms with Crippen molar-refractivity contribution in [2.45, 2.75) is 24.8 Å². The van der Waals surface area contributed by atoms with Crippen molar-refractivity contribution in [3.05, 3.63) is 75.7 Å². The van der Waals surface area contributed by atoms with Crippen molar-refractivity contribution in [3.8, 4) is 20.9 Å². The molecule has 4 rings (SSSR count). The van der Waals surface area contributed by atoms with Gasteiger partial charge < -0.3 is 5.11 Å². The second-order valence-electron chi connectivity index (χ2n) is 6.58. The molecule has 0 saturated heterocycles. The van der Waals surface area contributed by atoms with Gasteiger partial charge in [0.05, 0.1) is 5.56 Å². The Morgan fingerprint density at radius 3 is 2.38 bits per heavy atom. The summed E-state index contributed by atoms with van der Waals surface area (Å²) in [7, 11) is 0. The van der Waals surface area contributed by atoms with E-state index in [0.717, 1.165) is 32.7 Å². The Morgan fingerprint density at radius 2 is 1.76 bits per heavy atom. The van der Waals surface area contributed by atoms with E-state index >= 15 is 0 Å². The van der Waals surface area contributed by atoms with Crippen LogP contribution in [-0.4, -0.2) is 21.0 Å². The van der Waals surface area contributed by atoms with Gasteiger partial charge in [-0.25, -0.2) is 14.8 Å². The number of rotatable bonds is 6. The normalized spacial score (nSPS) is 11.0. The lowest BCUT2D eigenvalue weighted by atomic mass is 10.1. The van der Waals surface area contributed by atoms with E-state index in [2.05, 4.69) is 32.9 Å². The first-order valence-corrected chi connectivity index (χ1v) is 11.7. The topological polar surface area (TPSA) is 63.1 Å². The molecule has 0 fully saturated rings. The Bertz CT molecular complexity index is 1130. The fourth-order valence-corrected chi connectivity index (χ4v) is 5.93. The lowest BCUT2D eigenvalue weighted by Gasteiger charge is -2.05. The first-order chi connectivity index (χ1) is 14.0. The van der Waals surface area contributed by atoms with Gasteiger partial charge in [0.2, 0.25) is 0 Å². The average molecular weight is 439 g/mol. The molecule has 7 heteroatoms. The van der Waals surface area contributed by atoms with Gasteiger partial charge in [-0.1, -0.05) is 23.9 Å². The van der Waals surface area contributed by atoms with Gasteiger partial charge in [-0.15, -0.1) is 11.3 Å². The number of carboxylic acids is 1. The van der Waals surface area contributed by atoms with E-state index in [1.165, 1.54) is 16.0 Å². The van der Waals surface area contributed by atoms with Crippen LogP contribution in [0.5, 0.6) is 0 Å². The third-order valence-electron chi connectivity index (χ3n) is 4.33. The van der Waals surface area contributed by atoms with E-state index in [9.17, 15) is 9.90 Å². The number of thioether (sulfide) groups is 1. The second-order valence-corrected chi connectivity index (χ2v) is 9.36. The molecular formula is C22H18N2O2S3. The summed E-state index contributed by atoms with van der Waals surface area (Å²) in [5, 5.41) is 14.2. The van der Waals surface area contributed by atoms with Crippen molar-refractivity contribution < 1.29 is 9.90 Å². The molecule has 29 heavy (non-hydrogen) atoms. The van der Waals surface area contributed by atoms with Gasteiger partial charge in [0.1, 0.15) is 0 Å². The minimum Gasteiger partial charge on any atom is -0.478 e. The van der Waals surface area contributed by atoms with Gasteiger partial charge in [0.25, 0.3) is 0 Å². The van der Waals surface area contributed by atoms with Crippen LogP contribution in [0.1, 0.15) is 27.3 Å². The molecule has 0 saturated carbocycles. The summed E-state index contributed by atoms with van der Waals surface area (Å²) in [6, 6.07) is 13.4. The van der Waals surface area contributed by atoms with Crippen molar-refractivity contribution in [1.82, 2.24) is 9.97 Å². The minimum absolute atomic E-state index is 0.294. The average Bonchev–Trinajstić information content (AvgIpc) is 3.35. The largest absolute Gasteiger partial charge is 0.478 e. The van der Waals surface area contributed by atoms with Crippen LogP contribution < -0.4 is 0 Å². The number of benzene rings is 1. The van der Waals surface area contributed by atoms with Gasteiger partial charge >= 0.3 is 5.97 Å². The molecule has 4 aromatic rings. The fraction of sp³-hybridized carbons (Fsp3) is 0.136. The molecule has 1 N–H and O–H groups in total. The van der Waals surface area contributed by atoms with Crippen LogP contribution in [0.4, 0.5) is 0 Å². The van der Waals surface area contributed by atoms with Crippen LogP contribution in [-0.2, 0) is 5.75 Å². The van der Waals surface area contributed by atoms with E-state index < -0.39 is 5.97 Å². The van der Waals surface area contributed by atoms with E-state index in [1.54, 1.807) is 46.6 Å². The maximum absolute atomic E-state index is 11.2. The lowest BCUT2D eigenvalue weighted by Crippen LogP contribution is -1.95. The number of thiophene rings is 2. The molecule has 3 aromatic heterocycles. The summed E-state index contributed by atoms with van der Waals surface area (Å²) in [4.78, 5) is 22.6. The molecule has 0 radical (unpaired) electrons. The zero-order valence-corrected chi connectivity index (χ0v) is 18.3. The summed E-state index contributed by atoms with van der Waals surface area (Å²) in [6.45, 7) is 3.96. The predicted molar refractivity (Wildman–Crippen MR) is 121 cm³/mol. The Kier molecular flexibility index (Phi) is 5.80. The summed E-state index contributed by atoms with van der Waals surface area (Å²) < 4.78 is 0. The monoisotopic (exact) mass is 438 g/mol. The van der Waals surface area contributed by atoms with Crippen LogP contribution in [0.15, 0.2) is 58.4 Å². The Balaban J connectivity index is 1.68. The molecule has 0 unspecified atom stereocenters. The van der Waals surface area contributed by atoms with Crippen molar-refractivity contribution in [3.63, 3.8) is 0 Å². The van der Waals surface area contributed by atoms with Gasteiger partial charge in [-0.2, -0.15) is 11.3 Å². The molecule has 0 spiro atoms. The number of hydrogen-bond acceptors (Lipinski definition) is 6. The van der Waals surface area contributed by atoms with Gasteiger partial charge in [-0.3, -0.25) is 0 Å². The van der Waals surface area contributed by atoms with Crippen LogP contribution in [0.25, 0.3) is 20.9 Å². The van der Waals surface area contributed by atoms with Gasteiger partial charge in [0.15, 0.2) is 5.16 Å². The zero-order chi connectivity index (χ0) is 20.4. The maximum Gasteiger partial charge on any atom is 0.335 e.